The average molecular weight is 348 g/mol. The van der Waals surface area contributed by atoms with E-state index in [2.05, 4.69) is 17.5 Å². The third-order valence-corrected chi connectivity index (χ3v) is 6.31. The first-order valence-electron chi connectivity index (χ1n) is 7.92. The third kappa shape index (κ3) is 4.16. The van der Waals surface area contributed by atoms with Crippen molar-refractivity contribution in [3.8, 4) is 0 Å². The molecule has 1 aliphatic rings. The van der Waals surface area contributed by atoms with Crippen LogP contribution in [0.15, 0.2) is 46.7 Å². The highest BCUT2D eigenvalue weighted by Crippen LogP contribution is 2.29. The minimum Gasteiger partial charge on any atom is -0.396 e. The molecule has 0 saturated carbocycles. The zero-order valence-electron chi connectivity index (χ0n) is 13.0. The number of rotatable bonds is 5. The molecule has 1 aliphatic heterocycles. The molecule has 2 aromatic rings. The Morgan fingerprint density at radius 3 is 2.96 bits per heavy atom. The number of benzene rings is 1. The van der Waals surface area contributed by atoms with Gasteiger partial charge >= 0.3 is 0 Å². The highest BCUT2D eigenvalue weighted by molar-refractivity contribution is 7.98. The van der Waals surface area contributed by atoms with Gasteiger partial charge in [-0.25, -0.2) is 0 Å². The average Bonchev–Trinajstić information content (AvgIpc) is 3.13. The lowest BCUT2D eigenvalue weighted by Crippen LogP contribution is -2.41. The molecule has 3 nitrogen and oxygen atoms in total. The second kappa shape index (κ2) is 7.99. The number of hydrogen-bond donors (Lipinski definition) is 1. The summed E-state index contributed by atoms with van der Waals surface area (Å²) in [6.45, 7) is 1.62. The number of hydrogen-bond acceptors (Lipinski definition) is 4. The van der Waals surface area contributed by atoms with E-state index < -0.39 is 0 Å². The van der Waals surface area contributed by atoms with E-state index in [1.807, 2.05) is 29.2 Å². The Bertz CT molecular complexity index is 642. The Hall–Kier alpha value is -1.30. The fraction of sp³-hybridized carbons (Fsp3) is 0.389. The van der Waals surface area contributed by atoms with Crippen LogP contribution < -0.4 is 0 Å². The molecule has 23 heavy (non-hydrogen) atoms. The molecule has 1 aromatic carbocycles. The van der Waals surface area contributed by atoms with Gasteiger partial charge in [0.25, 0.3) is 5.91 Å². The molecule has 1 aromatic heterocycles. The van der Waals surface area contributed by atoms with Crippen LogP contribution >= 0.6 is 23.1 Å². The van der Waals surface area contributed by atoms with Gasteiger partial charge in [0.15, 0.2) is 0 Å². The Kier molecular flexibility index (Phi) is 5.75. The van der Waals surface area contributed by atoms with Crippen LogP contribution in [0.25, 0.3) is 0 Å². The van der Waals surface area contributed by atoms with Crippen molar-refractivity contribution in [3.05, 3.63) is 52.2 Å². The molecule has 0 radical (unpaired) electrons. The number of carbonyl (C=O) groups excluding carboxylic acids is 1. The first-order chi connectivity index (χ1) is 11.3. The van der Waals surface area contributed by atoms with E-state index in [4.69, 9.17) is 0 Å². The van der Waals surface area contributed by atoms with E-state index in [-0.39, 0.29) is 18.4 Å². The number of thioether (sulfide) groups is 1. The lowest BCUT2D eigenvalue weighted by Gasteiger charge is -2.32. The fourth-order valence-corrected chi connectivity index (χ4v) is 4.70. The minimum absolute atomic E-state index is 0.0948. The molecule has 1 fully saturated rings. The van der Waals surface area contributed by atoms with Gasteiger partial charge in [-0.1, -0.05) is 18.2 Å². The molecule has 122 valence electrons. The van der Waals surface area contributed by atoms with Gasteiger partial charge in [-0.05, 0) is 42.3 Å². The van der Waals surface area contributed by atoms with Gasteiger partial charge in [-0.3, -0.25) is 4.79 Å². The van der Waals surface area contributed by atoms with E-state index in [1.54, 1.807) is 23.1 Å². The predicted octanol–water partition coefficient (Wildman–Crippen LogP) is 3.88. The van der Waals surface area contributed by atoms with Gasteiger partial charge in [0.05, 0.1) is 5.56 Å². The summed E-state index contributed by atoms with van der Waals surface area (Å²) < 4.78 is 0. The highest BCUT2D eigenvalue weighted by Gasteiger charge is 2.25. The smallest absolute Gasteiger partial charge is 0.254 e. The van der Waals surface area contributed by atoms with Gasteiger partial charge in [0.1, 0.15) is 0 Å². The SMILES string of the molecule is O=C(c1ccccc1SCc1cccs1)N1CCCC(CO)C1. The monoisotopic (exact) mass is 347 g/mol. The largest absolute Gasteiger partial charge is 0.396 e. The number of piperidine rings is 1. The molecule has 2 heterocycles. The van der Waals surface area contributed by atoms with Crippen molar-refractivity contribution in [2.75, 3.05) is 19.7 Å². The summed E-state index contributed by atoms with van der Waals surface area (Å²) in [6.07, 6.45) is 1.98. The summed E-state index contributed by atoms with van der Waals surface area (Å²) in [6, 6.07) is 12.0. The van der Waals surface area contributed by atoms with Gasteiger partial charge in [-0.15, -0.1) is 23.1 Å². The normalized spacial score (nSPS) is 18.1. The third-order valence-electron chi connectivity index (χ3n) is 4.13. The van der Waals surface area contributed by atoms with Crippen molar-refractivity contribution in [2.24, 2.45) is 5.92 Å². The maximum absolute atomic E-state index is 12.9. The summed E-state index contributed by atoms with van der Waals surface area (Å²) in [5.74, 6) is 1.21. The molecule has 0 aliphatic carbocycles. The molecule has 0 bridgehead atoms. The number of amides is 1. The Balaban J connectivity index is 1.72. The molecule has 3 rings (SSSR count). The summed E-state index contributed by atoms with van der Waals surface area (Å²) in [7, 11) is 0. The van der Waals surface area contributed by atoms with E-state index in [0.717, 1.165) is 35.6 Å². The van der Waals surface area contributed by atoms with E-state index >= 15 is 0 Å². The molecular formula is C18H21NO2S2. The van der Waals surface area contributed by atoms with Gasteiger partial charge in [0, 0.05) is 35.2 Å². The van der Waals surface area contributed by atoms with Crippen LogP contribution in [0, 0.1) is 5.92 Å². The first-order valence-corrected chi connectivity index (χ1v) is 9.79. The number of thiophene rings is 1. The van der Waals surface area contributed by atoms with E-state index in [9.17, 15) is 9.90 Å². The highest BCUT2D eigenvalue weighted by atomic mass is 32.2. The lowest BCUT2D eigenvalue weighted by atomic mass is 9.98. The van der Waals surface area contributed by atoms with Crippen molar-refractivity contribution < 1.29 is 9.90 Å². The molecule has 1 amide bonds. The Morgan fingerprint density at radius 2 is 2.17 bits per heavy atom. The molecule has 1 saturated heterocycles. The minimum atomic E-state index is 0.0948. The Morgan fingerprint density at radius 1 is 1.30 bits per heavy atom. The van der Waals surface area contributed by atoms with Crippen LogP contribution in [0.1, 0.15) is 28.1 Å². The number of likely N-dealkylation sites (tertiary alicyclic amines) is 1. The molecule has 1 N–H and O–H groups in total. The van der Waals surface area contributed by atoms with Crippen LogP contribution in [-0.2, 0) is 5.75 Å². The summed E-state index contributed by atoms with van der Waals surface area (Å²) >= 11 is 3.46. The lowest BCUT2D eigenvalue weighted by molar-refractivity contribution is 0.0617. The Labute approximate surface area is 145 Å². The van der Waals surface area contributed by atoms with Gasteiger partial charge in [-0.2, -0.15) is 0 Å². The van der Waals surface area contributed by atoms with Crippen molar-refractivity contribution in [2.45, 2.75) is 23.5 Å². The quantitative estimate of drug-likeness (QED) is 0.834. The first kappa shape index (κ1) is 16.6. The maximum Gasteiger partial charge on any atom is 0.254 e. The number of aliphatic hydroxyl groups is 1. The number of nitrogens with zero attached hydrogens (tertiary/aromatic N) is 1. The summed E-state index contributed by atoms with van der Waals surface area (Å²) in [4.78, 5) is 17.1. The second-order valence-corrected chi connectivity index (χ2v) is 7.86. The van der Waals surface area contributed by atoms with Gasteiger partial charge in [0.2, 0.25) is 0 Å². The zero-order chi connectivity index (χ0) is 16.1. The van der Waals surface area contributed by atoms with Crippen molar-refractivity contribution in [3.63, 3.8) is 0 Å². The summed E-state index contributed by atoms with van der Waals surface area (Å²) in [5, 5.41) is 11.4. The van der Waals surface area contributed by atoms with E-state index in [1.165, 1.54) is 4.88 Å². The van der Waals surface area contributed by atoms with Crippen LogP contribution in [0.5, 0.6) is 0 Å². The molecule has 5 heteroatoms. The van der Waals surface area contributed by atoms with Crippen LogP contribution in [0.3, 0.4) is 0 Å². The predicted molar refractivity (Wildman–Crippen MR) is 96.0 cm³/mol. The molecule has 1 unspecified atom stereocenters. The summed E-state index contributed by atoms with van der Waals surface area (Å²) in [5.41, 5.74) is 0.785. The topological polar surface area (TPSA) is 40.5 Å². The molecular weight excluding hydrogens is 326 g/mol. The van der Waals surface area contributed by atoms with Crippen molar-refractivity contribution in [1.82, 2.24) is 4.90 Å². The number of carbonyl (C=O) groups is 1. The standard InChI is InChI=1S/C18H21NO2S2/c20-12-14-5-3-9-19(11-14)18(21)16-7-1-2-8-17(16)23-13-15-6-4-10-22-15/h1-2,4,6-8,10,14,20H,3,5,9,11-13H2. The van der Waals surface area contributed by atoms with Gasteiger partial charge < -0.3 is 10.0 Å². The molecule has 0 spiro atoms. The van der Waals surface area contributed by atoms with Crippen LogP contribution in [0.4, 0.5) is 0 Å². The second-order valence-electron chi connectivity index (χ2n) is 5.81. The van der Waals surface area contributed by atoms with E-state index in [0.29, 0.717) is 6.54 Å². The van der Waals surface area contributed by atoms with Crippen LogP contribution in [-0.4, -0.2) is 35.6 Å². The zero-order valence-corrected chi connectivity index (χ0v) is 14.6. The maximum atomic E-state index is 12.9. The number of aliphatic hydroxyl groups excluding tert-OH is 1. The molecule has 1 atom stereocenters. The van der Waals surface area contributed by atoms with Crippen molar-refractivity contribution in [1.29, 1.82) is 0 Å². The fourth-order valence-electron chi connectivity index (χ4n) is 2.88. The van der Waals surface area contributed by atoms with Crippen molar-refractivity contribution >= 4 is 29.0 Å². The van der Waals surface area contributed by atoms with Crippen LogP contribution in [0.2, 0.25) is 0 Å².